The Kier molecular flexibility index (Phi) is 6.22. The molecule has 0 spiro atoms. The first-order chi connectivity index (χ1) is 14.9. The van der Waals surface area contributed by atoms with Crippen LogP contribution in [0.25, 0.3) is 11.5 Å². The van der Waals surface area contributed by atoms with E-state index in [1.54, 1.807) is 25.4 Å². The summed E-state index contributed by atoms with van der Waals surface area (Å²) in [5.41, 5.74) is 0.619. The quantitative estimate of drug-likeness (QED) is 0.546. The zero-order valence-corrected chi connectivity index (χ0v) is 18.7. The first-order valence-electron chi connectivity index (χ1n) is 9.93. The maximum Gasteiger partial charge on any atom is 0.250 e. The van der Waals surface area contributed by atoms with Gasteiger partial charge in [0, 0.05) is 25.5 Å². The Bertz CT molecular complexity index is 1170. The summed E-state index contributed by atoms with van der Waals surface area (Å²) in [6, 6.07) is 4.51. The highest BCUT2D eigenvalue weighted by atomic mass is 35.5. The molecule has 0 amide bonds. The van der Waals surface area contributed by atoms with Crippen LogP contribution in [0.15, 0.2) is 39.9 Å². The zero-order valence-electron chi connectivity index (χ0n) is 17.2. The van der Waals surface area contributed by atoms with Gasteiger partial charge in [0.25, 0.3) is 5.89 Å². The van der Waals surface area contributed by atoms with E-state index >= 15 is 0 Å². The number of rotatable bonds is 6. The maximum absolute atomic E-state index is 13.2. The molecule has 4 rings (SSSR count). The summed E-state index contributed by atoms with van der Waals surface area (Å²) < 4.78 is 39.0. The van der Waals surface area contributed by atoms with Crippen molar-refractivity contribution in [2.24, 2.45) is 0 Å². The summed E-state index contributed by atoms with van der Waals surface area (Å²) in [5, 5.41) is 8.48. The molecule has 0 saturated carbocycles. The number of benzene rings is 1. The van der Waals surface area contributed by atoms with Crippen molar-refractivity contribution in [1.29, 1.82) is 0 Å². The summed E-state index contributed by atoms with van der Waals surface area (Å²) in [5.74, 6) is 1.62. The molecule has 9 nitrogen and oxygen atoms in total. The van der Waals surface area contributed by atoms with Crippen molar-refractivity contribution in [1.82, 2.24) is 24.5 Å². The largest absolute Gasteiger partial charge is 0.492 e. The molecule has 0 radical (unpaired) electrons. The van der Waals surface area contributed by atoms with Crippen molar-refractivity contribution in [2.45, 2.75) is 37.5 Å². The molecular formula is C20H22ClN5O4S. The molecule has 1 aliphatic heterocycles. The Morgan fingerprint density at radius 3 is 2.74 bits per heavy atom. The molecule has 31 heavy (non-hydrogen) atoms. The summed E-state index contributed by atoms with van der Waals surface area (Å²) in [7, 11) is -3.72. The van der Waals surface area contributed by atoms with Gasteiger partial charge in [-0.15, -0.1) is 10.2 Å². The third-order valence-corrected chi connectivity index (χ3v) is 7.20. The van der Waals surface area contributed by atoms with Gasteiger partial charge in [0.2, 0.25) is 15.9 Å². The lowest BCUT2D eigenvalue weighted by Gasteiger charge is -2.30. The average Bonchev–Trinajstić information content (AvgIpc) is 3.26. The fourth-order valence-corrected chi connectivity index (χ4v) is 5.30. The number of hydrogen-bond acceptors (Lipinski definition) is 8. The standard InChI is InChI=1S/C20H22ClN5O4S/c1-3-29-18-7-6-16(9-17(18)21)31(27,28)26-8-4-5-14(12-26)19-24-25-20(30-19)15-10-22-13(2)23-11-15/h6-7,9-11,14H,3-5,8,12H2,1-2H3. The van der Waals surface area contributed by atoms with Gasteiger partial charge in [-0.3, -0.25) is 0 Å². The van der Waals surface area contributed by atoms with Crippen LogP contribution in [0.4, 0.5) is 0 Å². The summed E-state index contributed by atoms with van der Waals surface area (Å²) in [6.45, 7) is 4.73. The van der Waals surface area contributed by atoms with Crippen molar-refractivity contribution in [2.75, 3.05) is 19.7 Å². The van der Waals surface area contributed by atoms with Gasteiger partial charge in [0.05, 0.1) is 28.0 Å². The van der Waals surface area contributed by atoms with Gasteiger partial charge in [-0.25, -0.2) is 18.4 Å². The van der Waals surface area contributed by atoms with E-state index in [0.717, 1.165) is 6.42 Å². The normalized spacial score (nSPS) is 17.6. The maximum atomic E-state index is 13.2. The third-order valence-electron chi connectivity index (χ3n) is 5.04. The van der Waals surface area contributed by atoms with Crippen molar-refractivity contribution < 1.29 is 17.6 Å². The number of halogens is 1. The van der Waals surface area contributed by atoms with Gasteiger partial charge in [-0.1, -0.05) is 11.6 Å². The van der Waals surface area contributed by atoms with Crippen LogP contribution in [-0.4, -0.2) is 52.6 Å². The molecule has 3 heterocycles. The highest BCUT2D eigenvalue weighted by Crippen LogP contribution is 2.33. The number of ether oxygens (including phenoxy) is 1. The topological polar surface area (TPSA) is 111 Å². The summed E-state index contributed by atoms with van der Waals surface area (Å²) >= 11 is 6.20. The Hall–Kier alpha value is -2.56. The number of aryl methyl sites for hydroxylation is 1. The lowest BCUT2D eigenvalue weighted by Crippen LogP contribution is -2.39. The highest BCUT2D eigenvalue weighted by Gasteiger charge is 2.33. The second kappa shape index (κ2) is 8.89. The minimum absolute atomic E-state index is 0.129. The Morgan fingerprint density at radius 1 is 1.26 bits per heavy atom. The van der Waals surface area contributed by atoms with Crippen LogP contribution in [0.5, 0.6) is 5.75 Å². The van der Waals surface area contributed by atoms with E-state index in [0.29, 0.717) is 48.5 Å². The Balaban J connectivity index is 1.53. The minimum Gasteiger partial charge on any atom is -0.492 e. The van der Waals surface area contributed by atoms with Crippen LogP contribution < -0.4 is 4.74 Å². The number of hydrogen-bond donors (Lipinski definition) is 0. The first-order valence-corrected chi connectivity index (χ1v) is 11.7. The van der Waals surface area contributed by atoms with Gasteiger partial charge >= 0.3 is 0 Å². The molecular weight excluding hydrogens is 442 g/mol. The van der Waals surface area contributed by atoms with E-state index in [1.165, 1.54) is 16.4 Å². The summed E-state index contributed by atoms with van der Waals surface area (Å²) in [6.07, 6.45) is 4.67. The smallest absolute Gasteiger partial charge is 0.250 e. The van der Waals surface area contributed by atoms with Gasteiger partial charge < -0.3 is 9.15 Å². The zero-order chi connectivity index (χ0) is 22.0. The predicted molar refractivity (Wildman–Crippen MR) is 113 cm³/mol. The fraction of sp³-hybridized carbons (Fsp3) is 0.400. The van der Waals surface area contributed by atoms with Gasteiger partial charge in [-0.2, -0.15) is 4.31 Å². The second-order valence-corrected chi connectivity index (χ2v) is 9.54. The van der Waals surface area contributed by atoms with Crippen LogP contribution in [-0.2, 0) is 10.0 Å². The van der Waals surface area contributed by atoms with E-state index in [4.69, 9.17) is 20.8 Å². The van der Waals surface area contributed by atoms with Gasteiger partial charge in [0.15, 0.2) is 0 Å². The van der Waals surface area contributed by atoms with E-state index < -0.39 is 10.0 Å². The van der Waals surface area contributed by atoms with Gasteiger partial charge in [-0.05, 0) is 44.9 Å². The molecule has 0 aliphatic carbocycles. The lowest BCUT2D eigenvalue weighted by molar-refractivity contribution is 0.286. The molecule has 11 heteroatoms. The van der Waals surface area contributed by atoms with Crippen molar-refractivity contribution in [3.63, 3.8) is 0 Å². The third kappa shape index (κ3) is 4.56. The van der Waals surface area contributed by atoms with E-state index in [-0.39, 0.29) is 22.4 Å². The Morgan fingerprint density at radius 2 is 2.03 bits per heavy atom. The van der Waals surface area contributed by atoms with Crippen LogP contribution in [0.1, 0.15) is 37.4 Å². The summed E-state index contributed by atoms with van der Waals surface area (Å²) in [4.78, 5) is 8.40. The Labute approximate surface area is 185 Å². The van der Waals surface area contributed by atoms with Crippen LogP contribution >= 0.6 is 11.6 Å². The van der Waals surface area contributed by atoms with Crippen molar-refractivity contribution in [3.8, 4) is 17.2 Å². The van der Waals surface area contributed by atoms with E-state index in [2.05, 4.69) is 20.2 Å². The first kappa shape index (κ1) is 21.7. The second-order valence-electron chi connectivity index (χ2n) is 7.19. The van der Waals surface area contributed by atoms with Crippen LogP contribution in [0, 0.1) is 6.92 Å². The van der Waals surface area contributed by atoms with Crippen molar-refractivity contribution in [3.05, 3.63) is 47.3 Å². The molecule has 0 bridgehead atoms. The lowest BCUT2D eigenvalue weighted by atomic mass is 10.00. The predicted octanol–water partition coefficient (Wildman–Crippen LogP) is 3.46. The molecule has 1 fully saturated rings. The molecule has 0 N–H and O–H groups in total. The highest BCUT2D eigenvalue weighted by molar-refractivity contribution is 7.89. The van der Waals surface area contributed by atoms with E-state index in [1.807, 2.05) is 6.92 Å². The van der Waals surface area contributed by atoms with E-state index in [9.17, 15) is 8.42 Å². The monoisotopic (exact) mass is 463 g/mol. The number of piperidine rings is 1. The molecule has 1 aromatic carbocycles. The van der Waals surface area contributed by atoms with Gasteiger partial charge in [0.1, 0.15) is 11.6 Å². The number of sulfonamides is 1. The average molecular weight is 464 g/mol. The van der Waals surface area contributed by atoms with Crippen LogP contribution in [0.2, 0.25) is 5.02 Å². The molecule has 1 saturated heterocycles. The molecule has 164 valence electrons. The fourth-order valence-electron chi connectivity index (χ4n) is 3.45. The number of aromatic nitrogens is 4. The van der Waals surface area contributed by atoms with Crippen molar-refractivity contribution >= 4 is 21.6 Å². The number of nitrogens with zero attached hydrogens (tertiary/aromatic N) is 5. The molecule has 3 aromatic rings. The minimum atomic E-state index is -3.72. The van der Waals surface area contributed by atoms with Crippen LogP contribution in [0.3, 0.4) is 0 Å². The molecule has 1 aliphatic rings. The molecule has 1 unspecified atom stereocenters. The molecule has 1 atom stereocenters. The molecule has 2 aromatic heterocycles. The SMILES string of the molecule is CCOc1ccc(S(=O)(=O)N2CCCC(c3nnc(-c4cnc(C)nc4)o3)C2)cc1Cl.